The molecule has 0 spiro atoms. The molecule has 0 N–H and O–H groups in total. The third-order valence-corrected chi connectivity index (χ3v) is 3.10. The molecule has 0 radical (unpaired) electrons. The highest BCUT2D eigenvalue weighted by molar-refractivity contribution is 6.32. The van der Waals surface area contributed by atoms with Crippen molar-refractivity contribution in [1.29, 1.82) is 0 Å². The Morgan fingerprint density at radius 1 is 1.15 bits per heavy atom. The van der Waals surface area contributed by atoms with Gasteiger partial charge >= 0.3 is 5.82 Å². The molecule has 0 aliphatic heterocycles. The van der Waals surface area contributed by atoms with E-state index in [2.05, 4.69) is 5.10 Å². The van der Waals surface area contributed by atoms with Gasteiger partial charge in [0.15, 0.2) is 5.02 Å². The second-order valence-corrected chi connectivity index (χ2v) is 4.56. The van der Waals surface area contributed by atoms with Gasteiger partial charge in [0.2, 0.25) is 0 Å². The van der Waals surface area contributed by atoms with Crippen LogP contribution in [0.4, 0.5) is 11.5 Å². The number of halogens is 2. The van der Waals surface area contributed by atoms with Crippen LogP contribution >= 0.6 is 23.2 Å². The molecule has 0 atom stereocenters. The van der Waals surface area contributed by atoms with Crippen molar-refractivity contribution in [2.24, 2.45) is 0 Å². The Bertz CT molecular complexity index is 701. The van der Waals surface area contributed by atoms with Crippen molar-refractivity contribution in [2.75, 3.05) is 0 Å². The standard InChI is InChI=1S/C10H6Cl2N4O4/c11-7-2-1-3-9(15(17)18)6(7)4-14-5-8(12)10(13-14)16(19)20/h1-3,5H,4H2. The highest BCUT2D eigenvalue weighted by Crippen LogP contribution is 2.28. The van der Waals surface area contributed by atoms with Crippen LogP contribution in [0, 0.1) is 20.2 Å². The van der Waals surface area contributed by atoms with Gasteiger partial charge in [0.25, 0.3) is 5.69 Å². The monoisotopic (exact) mass is 316 g/mol. The van der Waals surface area contributed by atoms with Crippen molar-refractivity contribution in [2.45, 2.75) is 6.54 Å². The Morgan fingerprint density at radius 3 is 2.40 bits per heavy atom. The van der Waals surface area contributed by atoms with E-state index in [0.717, 1.165) is 4.68 Å². The molecule has 2 aromatic rings. The van der Waals surface area contributed by atoms with Gasteiger partial charge in [0.1, 0.15) is 0 Å². The van der Waals surface area contributed by atoms with Crippen LogP contribution in [0.3, 0.4) is 0 Å². The lowest BCUT2D eigenvalue weighted by Gasteiger charge is -2.03. The summed E-state index contributed by atoms with van der Waals surface area (Å²) in [5.41, 5.74) is 0.0139. The first kappa shape index (κ1) is 14.2. The zero-order chi connectivity index (χ0) is 14.9. The maximum Gasteiger partial charge on any atom is 0.408 e. The molecule has 20 heavy (non-hydrogen) atoms. The lowest BCUT2D eigenvalue weighted by Crippen LogP contribution is -2.05. The van der Waals surface area contributed by atoms with Gasteiger partial charge < -0.3 is 10.1 Å². The summed E-state index contributed by atoms with van der Waals surface area (Å²) in [7, 11) is 0. The summed E-state index contributed by atoms with van der Waals surface area (Å²) in [6.45, 7) is -0.0937. The highest BCUT2D eigenvalue weighted by Gasteiger charge is 2.23. The number of benzene rings is 1. The number of hydrogen-bond donors (Lipinski definition) is 0. The fraction of sp³-hybridized carbons (Fsp3) is 0.100. The van der Waals surface area contributed by atoms with Gasteiger partial charge in [-0.2, -0.15) is 4.68 Å². The van der Waals surface area contributed by atoms with E-state index in [-0.39, 0.29) is 27.8 Å². The van der Waals surface area contributed by atoms with Crippen LogP contribution in [-0.2, 0) is 6.54 Å². The molecular weight excluding hydrogens is 311 g/mol. The van der Waals surface area contributed by atoms with Crippen molar-refractivity contribution >= 4 is 34.7 Å². The van der Waals surface area contributed by atoms with Crippen LogP contribution in [0.25, 0.3) is 0 Å². The molecule has 0 saturated heterocycles. The largest absolute Gasteiger partial charge is 0.408 e. The van der Waals surface area contributed by atoms with Gasteiger partial charge in [0.05, 0.1) is 33.3 Å². The second-order valence-electron chi connectivity index (χ2n) is 3.75. The Morgan fingerprint density at radius 2 is 1.85 bits per heavy atom. The van der Waals surface area contributed by atoms with Crippen LogP contribution in [0.5, 0.6) is 0 Å². The van der Waals surface area contributed by atoms with Crippen molar-refractivity contribution in [3.05, 3.63) is 60.2 Å². The minimum absolute atomic E-state index is 0.0937. The number of nitro benzene ring substituents is 1. The summed E-state index contributed by atoms with van der Waals surface area (Å²) in [5, 5.41) is 25.2. The van der Waals surface area contributed by atoms with Crippen molar-refractivity contribution in [3.63, 3.8) is 0 Å². The van der Waals surface area contributed by atoms with Crippen molar-refractivity contribution < 1.29 is 9.85 Å². The summed E-state index contributed by atoms with van der Waals surface area (Å²) < 4.78 is 1.13. The first-order valence-corrected chi connectivity index (χ1v) is 5.95. The van der Waals surface area contributed by atoms with Gasteiger partial charge in [0, 0.05) is 6.07 Å². The molecule has 1 heterocycles. The van der Waals surface area contributed by atoms with Crippen LogP contribution in [0.1, 0.15) is 5.56 Å². The summed E-state index contributed by atoms with van der Waals surface area (Å²) >= 11 is 11.6. The molecule has 0 aliphatic rings. The van der Waals surface area contributed by atoms with Crippen molar-refractivity contribution in [3.8, 4) is 0 Å². The van der Waals surface area contributed by atoms with E-state index in [1.165, 1.54) is 24.4 Å². The van der Waals surface area contributed by atoms with E-state index >= 15 is 0 Å². The average Bonchev–Trinajstić information content (AvgIpc) is 2.72. The molecule has 2 rings (SSSR count). The zero-order valence-electron chi connectivity index (χ0n) is 9.69. The maximum atomic E-state index is 10.9. The molecule has 0 unspecified atom stereocenters. The Labute approximate surface area is 121 Å². The van der Waals surface area contributed by atoms with Gasteiger partial charge in [-0.05, 0) is 11.0 Å². The first-order chi connectivity index (χ1) is 9.40. The number of hydrogen-bond acceptors (Lipinski definition) is 5. The minimum Gasteiger partial charge on any atom is -0.358 e. The summed E-state index contributed by atoms with van der Waals surface area (Å²) in [4.78, 5) is 20.2. The van der Waals surface area contributed by atoms with E-state index in [9.17, 15) is 20.2 Å². The van der Waals surface area contributed by atoms with Gasteiger partial charge in [-0.1, -0.05) is 29.3 Å². The van der Waals surface area contributed by atoms with E-state index in [4.69, 9.17) is 23.2 Å². The predicted octanol–water partition coefficient (Wildman–Crippen LogP) is 3.05. The van der Waals surface area contributed by atoms with E-state index in [0.29, 0.717) is 0 Å². The number of aromatic nitrogens is 2. The molecule has 1 aromatic carbocycles. The van der Waals surface area contributed by atoms with Crippen LogP contribution in [-0.4, -0.2) is 19.6 Å². The lowest BCUT2D eigenvalue weighted by molar-refractivity contribution is -0.389. The molecule has 0 aliphatic carbocycles. The van der Waals surface area contributed by atoms with Crippen LogP contribution < -0.4 is 0 Å². The maximum absolute atomic E-state index is 10.9. The van der Waals surface area contributed by atoms with E-state index in [1.807, 2.05) is 0 Å². The average molecular weight is 317 g/mol. The normalized spacial score (nSPS) is 10.5. The second kappa shape index (κ2) is 5.43. The topological polar surface area (TPSA) is 104 Å². The molecule has 1 aromatic heterocycles. The number of rotatable bonds is 4. The van der Waals surface area contributed by atoms with Gasteiger partial charge in [-0.25, -0.2) is 0 Å². The fourth-order valence-electron chi connectivity index (χ4n) is 1.63. The Balaban J connectivity index is 2.42. The molecule has 10 heteroatoms. The molecule has 0 bridgehead atoms. The fourth-order valence-corrected chi connectivity index (χ4v) is 2.08. The summed E-state index contributed by atoms with van der Waals surface area (Å²) in [5.74, 6) is -0.513. The summed E-state index contributed by atoms with van der Waals surface area (Å²) in [6, 6.07) is 4.23. The predicted molar refractivity (Wildman–Crippen MR) is 71.1 cm³/mol. The first-order valence-electron chi connectivity index (χ1n) is 5.19. The van der Waals surface area contributed by atoms with E-state index in [1.54, 1.807) is 0 Å². The quantitative estimate of drug-likeness (QED) is 0.636. The molecule has 104 valence electrons. The third kappa shape index (κ3) is 2.70. The lowest BCUT2D eigenvalue weighted by atomic mass is 10.2. The van der Waals surface area contributed by atoms with Gasteiger partial charge in [-0.3, -0.25) is 10.1 Å². The van der Waals surface area contributed by atoms with Gasteiger partial charge in [-0.15, -0.1) is 0 Å². The van der Waals surface area contributed by atoms with E-state index < -0.39 is 15.7 Å². The molecule has 0 saturated carbocycles. The Hall–Kier alpha value is -2.19. The molecule has 0 amide bonds. The molecule has 0 fully saturated rings. The van der Waals surface area contributed by atoms with Crippen molar-refractivity contribution in [1.82, 2.24) is 9.78 Å². The third-order valence-electron chi connectivity index (χ3n) is 2.48. The number of nitro groups is 2. The summed E-state index contributed by atoms with van der Waals surface area (Å²) in [6.07, 6.45) is 1.22. The van der Waals surface area contributed by atoms with Crippen LogP contribution in [0.2, 0.25) is 10.0 Å². The Kier molecular flexibility index (Phi) is 3.86. The molecular formula is C10H6Cl2N4O4. The van der Waals surface area contributed by atoms with Crippen LogP contribution in [0.15, 0.2) is 24.4 Å². The zero-order valence-corrected chi connectivity index (χ0v) is 11.2. The minimum atomic E-state index is -0.736. The SMILES string of the molecule is O=[N+]([O-])c1cccc(Cl)c1Cn1cc(Cl)c([N+](=O)[O-])n1. The highest BCUT2D eigenvalue weighted by atomic mass is 35.5. The smallest absolute Gasteiger partial charge is 0.358 e. The molecule has 8 nitrogen and oxygen atoms in total. The number of nitrogens with zero attached hydrogens (tertiary/aromatic N) is 4.